The summed E-state index contributed by atoms with van der Waals surface area (Å²) in [5.41, 5.74) is 5.81. The SMILES string of the molecule is CC.CC(C)(C)OC(=O)NCCOc1cc(NC(=O)c2cc(OCCN)cc(C=O)n2)nc2ccccc12.CNc1cc(OCCNC(=O)OC(C)(C)C)c2ccccc2n1. The van der Waals surface area contributed by atoms with Crippen molar-refractivity contribution >= 4 is 57.8 Å². The lowest BCUT2D eigenvalue weighted by Crippen LogP contribution is -2.34. The lowest BCUT2D eigenvalue weighted by Gasteiger charge is -2.19. The Balaban J connectivity index is 0.000000342. The van der Waals surface area contributed by atoms with Gasteiger partial charge in [-0.1, -0.05) is 38.1 Å². The van der Waals surface area contributed by atoms with Crippen LogP contribution in [0.25, 0.3) is 21.8 Å². The lowest BCUT2D eigenvalue weighted by atomic mass is 10.2. The summed E-state index contributed by atoms with van der Waals surface area (Å²) in [6, 6.07) is 21.3. The van der Waals surface area contributed by atoms with E-state index in [1.54, 1.807) is 32.9 Å². The molecular weight excluding hydrogens is 785 g/mol. The van der Waals surface area contributed by atoms with Gasteiger partial charge in [0, 0.05) is 48.6 Å². The smallest absolute Gasteiger partial charge is 0.407 e. The summed E-state index contributed by atoms with van der Waals surface area (Å²) in [5, 5.41) is 12.7. The van der Waals surface area contributed by atoms with Crippen molar-refractivity contribution in [2.45, 2.75) is 66.6 Å². The molecule has 5 aromatic rings. The number of pyridine rings is 3. The monoisotopic (exact) mass is 842 g/mol. The van der Waals surface area contributed by atoms with Crippen LogP contribution in [0.2, 0.25) is 0 Å². The standard InChI is InChI=1S/C25H29N5O6.C17H23N3O3.C2H6/c1-25(2,3)36-24(33)27-9-11-35-21-14-22(29-19-7-5-4-6-18(19)21)30-23(32)20-13-17(34-10-8-26)12-16(15-31)28-20;1-17(2,3)23-16(21)19-9-10-22-14-11-15(18-4)20-13-8-6-5-7-12(13)14;1-2/h4-7,12-15H,8-11,26H2,1-3H3,(H,27,33)(H,29,30,32);5-8,11H,9-10H2,1-4H3,(H,18,20)(H,19,21);1-2H3. The van der Waals surface area contributed by atoms with Crippen LogP contribution < -0.4 is 41.2 Å². The molecule has 0 saturated carbocycles. The maximum atomic E-state index is 12.9. The maximum Gasteiger partial charge on any atom is 0.407 e. The van der Waals surface area contributed by atoms with Crippen LogP contribution in [0.4, 0.5) is 21.2 Å². The third kappa shape index (κ3) is 16.8. The van der Waals surface area contributed by atoms with Gasteiger partial charge in [0.15, 0.2) is 6.29 Å². The van der Waals surface area contributed by atoms with Gasteiger partial charge in [-0.3, -0.25) is 9.59 Å². The van der Waals surface area contributed by atoms with Gasteiger partial charge in [-0.05, 0) is 65.8 Å². The minimum atomic E-state index is -0.600. The number of para-hydroxylation sites is 2. The molecule has 3 aromatic heterocycles. The van der Waals surface area contributed by atoms with E-state index < -0.39 is 29.3 Å². The average Bonchev–Trinajstić information content (AvgIpc) is 3.22. The Morgan fingerprint density at radius 2 is 1.16 bits per heavy atom. The number of hydrogen-bond acceptors (Lipinski definition) is 14. The molecule has 61 heavy (non-hydrogen) atoms. The number of carbonyl (C=O) groups excluding carboxylic acids is 4. The molecule has 6 N–H and O–H groups in total. The Bertz CT molecular complexity index is 2220. The summed E-state index contributed by atoms with van der Waals surface area (Å²) in [6.07, 6.45) is -0.465. The van der Waals surface area contributed by atoms with Gasteiger partial charge >= 0.3 is 12.2 Å². The molecule has 3 amide bonds. The molecule has 328 valence electrons. The number of alkyl carbamates (subject to hydrolysis) is 2. The first-order chi connectivity index (χ1) is 29.1. The van der Waals surface area contributed by atoms with Crippen molar-refractivity contribution in [1.29, 1.82) is 0 Å². The molecule has 0 spiro atoms. The number of rotatable bonds is 15. The molecule has 0 aliphatic carbocycles. The van der Waals surface area contributed by atoms with E-state index in [4.69, 9.17) is 29.4 Å². The predicted octanol–water partition coefficient (Wildman–Crippen LogP) is 7.14. The molecule has 0 aliphatic heterocycles. The summed E-state index contributed by atoms with van der Waals surface area (Å²) < 4.78 is 27.5. The second kappa shape index (κ2) is 23.7. The van der Waals surface area contributed by atoms with Crippen LogP contribution in [0.1, 0.15) is 76.4 Å². The van der Waals surface area contributed by atoms with Gasteiger partial charge in [0.05, 0.1) is 24.1 Å². The van der Waals surface area contributed by atoms with Crippen molar-refractivity contribution in [2.24, 2.45) is 5.73 Å². The van der Waals surface area contributed by atoms with Gasteiger partial charge in [-0.2, -0.15) is 0 Å². The second-order valence-electron chi connectivity index (χ2n) is 14.7. The highest BCUT2D eigenvalue weighted by molar-refractivity contribution is 6.04. The number of amides is 3. The van der Waals surface area contributed by atoms with E-state index in [2.05, 4.69) is 36.2 Å². The summed E-state index contributed by atoms with van der Waals surface area (Å²) in [5.74, 6) is 1.86. The molecule has 2 aromatic carbocycles. The van der Waals surface area contributed by atoms with Gasteiger partial charge in [0.25, 0.3) is 5.91 Å². The highest BCUT2D eigenvalue weighted by Gasteiger charge is 2.18. The highest BCUT2D eigenvalue weighted by atomic mass is 16.6. The molecule has 17 heteroatoms. The fourth-order valence-electron chi connectivity index (χ4n) is 5.12. The van der Waals surface area contributed by atoms with E-state index in [1.807, 2.05) is 90.2 Å². The molecule has 5 rings (SSSR count). The van der Waals surface area contributed by atoms with Crippen molar-refractivity contribution in [1.82, 2.24) is 25.6 Å². The number of fused-ring (bicyclic) bond motifs is 2. The third-order valence-electron chi connectivity index (χ3n) is 7.47. The summed E-state index contributed by atoms with van der Waals surface area (Å²) in [6.45, 7) is 16.4. The van der Waals surface area contributed by atoms with Crippen LogP contribution in [0.3, 0.4) is 0 Å². The number of hydrogen-bond donors (Lipinski definition) is 5. The Labute approximate surface area is 356 Å². The Morgan fingerprint density at radius 3 is 1.64 bits per heavy atom. The van der Waals surface area contributed by atoms with E-state index in [1.165, 1.54) is 12.1 Å². The molecule has 0 unspecified atom stereocenters. The third-order valence-corrected chi connectivity index (χ3v) is 7.47. The lowest BCUT2D eigenvalue weighted by molar-refractivity contribution is 0.0509. The van der Waals surface area contributed by atoms with Gasteiger partial charge in [0.1, 0.15) is 71.3 Å². The fraction of sp³-hybridized carbons (Fsp3) is 0.386. The van der Waals surface area contributed by atoms with Gasteiger partial charge in [-0.15, -0.1) is 0 Å². The van der Waals surface area contributed by atoms with E-state index in [0.717, 1.165) is 27.9 Å². The van der Waals surface area contributed by atoms with Crippen LogP contribution in [-0.4, -0.2) is 97.0 Å². The van der Waals surface area contributed by atoms with E-state index in [-0.39, 0.29) is 43.5 Å². The topological polar surface area (TPSA) is 227 Å². The number of anilines is 2. The quantitative estimate of drug-likeness (QED) is 0.0522. The van der Waals surface area contributed by atoms with E-state index in [0.29, 0.717) is 36.5 Å². The van der Waals surface area contributed by atoms with Crippen molar-refractivity contribution < 1.29 is 42.9 Å². The summed E-state index contributed by atoms with van der Waals surface area (Å²) >= 11 is 0. The molecule has 17 nitrogen and oxygen atoms in total. The van der Waals surface area contributed by atoms with E-state index >= 15 is 0 Å². The molecule has 0 aliphatic rings. The van der Waals surface area contributed by atoms with Crippen molar-refractivity contribution in [3.63, 3.8) is 0 Å². The molecular formula is C44H58N8O9. The van der Waals surface area contributed by atoms with Crippen LogP contribution in [0, 0.1) is 0 Å². The van der Waals surface area contributed by atoms with Gasteiger partial charge in [0.2, 0.25) is 0 Å². The normalized spacial score (nSPS) is 10.8. The molecule has 0 atom stereocenters. The fourth-order valence-corrected chi connectivity index (χ4v) is 5.12. The number of nitrogens with one attached hydrogen (secondary N) is 4. The molecule has 0 bridgehead atoms. The zero-order valence-electron chi connectivity index (χ0n) is 36.3. The Morgan fingerprint density at radius 1 is 0.672 bits per heavy atom. The second-order valence-corrected chi connectivity index (χ2v) is 14.7. The number of carbonyl (C=O) groups is 4. The maximum absolute atomic E-state index is 12.9. The Kier molecular flexibility index (Phi) is 18.9. The predicted molar refractivity (Wildman–Crippen MR) is 236 cm³/mol. The summed E-state index contributed by atoms with van der Waals surface area (Å²) in [4.78, 5) is 60.5. The first-order valence-electron chi connectivity index (χ1n) is 19.9. The molecule has 0 fully saturated rings. The van der Waals surface area contributed by atoms with E-state index in [9.17, 15) is 19.2 Å². The number of nitrogens with zero attached hydrogens (tertiary/aromatic N) is 3. The van der Waals surface area contributed by atoms with Gasteiger partial charge < -0.3 is 50.7 Å². The number of benzene rings is 2. The minimum Gasteiger partial charge on any atom is -0.492 e. The van der Waals surface area contributed by atoms with Crippen molar-refractivity contribution in [3.8, 4) is 17.2 Å². The first kappa shape index (κ1) is 48.6. The zero-order valence-corrected chi connectivity index (χ0v) is 36.3. The minimum absolute atomic E-state index is 0.0226. The summed E-state index contributed by atoms with van der Waals surface area (Å²) in [7, 11) is 1.81. The molecule has 0 saturated heterocycles. The zero-order chi connectivity index (χ0) is 45.0. The van der Waals surface area contributed by atoms with Crippen LogP contribution in [-0.2, 0) is 9.47 Å². The largest absolute Gasteiger partial charge is 0.492 e. The van der Waals surface area contributed by atoms with Crippen molar-refractivity contribution in [2.75, 3.05) is 57.1 Å². The average molecular weight is 843 g/mol. The Hall–Kier alpha value is -6.75. The number of aromatic nitrogens is 3. The number of ether oxygens (including phenoxy) is 5. The number of aldehydes is 1. The number of nitrogens with two attached hydrogens (primary N) is 1. The first-order valence-corrected chi connectivity index (χ1v) is 19.9. The van der Waals surface area contributed by atoms with Crippen molar-refractivity contribution in [3.05, 3.63) is 84.2 Å². The molecule has 3 heterocycles. The van der Waals surface area contributed by atoms with Crippen LogP contribution in [0.15, 0.2) is 72.8 Å². The van der Waals surface area contributed by atoms with Crippen LogP contribution >= 0.6 is 0 Å². The highest BCUT2D eigenvalue weighted by Crippen LogP contribution is 2.29. The van der Waals surface area contributed by atoms with Gasteiger partial charge in [-0.25, -0.2) is 24.5 Å². The van der Waals surface area contributed by atoms with Crippen LogP contribution in [0.5, 0.6) is 17.2 Å². The molecule has 0 radical (unpaired) electrons.